The molecule has 3 nitrogen and oxygen atoms in total. The Morgan fingerprint density at radius 1 is 1.56 bits per heavy atom. The van der Waals surface area contributed by atoms with E-state index in [0.717, 1.165) is 35.7 Å². The molecule has 1 aromatic rings. The molecule has 0 bridgehead atoms. The molecule has 1 aliphatic rings. The molecule has 0 radical (unpaired) electrons. The second-order valence-electron chi connectivity index (χ2n) is 4.82. The molecule has 1 fully saturated rings. The van der Waals surface area contributed by atoms with E-state index in [-0.39, 0.29) is 12.1 Å². The highest BCUT2D eigenvalue weighted by Crippen LogP contribution is 2.21. The van der Waals surface area contributed by atoms with Crippen LogP contribution in [0.5, 0.6) is 5.75 Å². The molecule has 18 heavy (non-hydrogen) atoms. The average Bonchev–Trinajstić information content (AvgIpc) is 2.87. The van der Waals surface area contributed by atoms with Crippen molar-refractivity contribution in [2.45, 2.75) is 38.3 Å². The summed E-state index contributed by atoms with van der Waals surface area (Å²) in [5.41, 5.74) is 1.01. The van der Waals surface area contributed by atoms with Gasteiger partial charge >= 0.3 is 0 Å². The molecule has 0 aromatic heterocycles. The second-order valence-corrected chi connectivity index (χ2v) is 5.23. The third-order valence-electron chi connectivity index (χ3n) is 3.37. The van der Waals surface area contributed by atoms with Gasteiger partial charge in [-0.2, -0.15) is 0 Å². The third kappa shape index (κ3) is 3.61. The first-order valence-electron chi connectivity index (χ1n) is 6.47. The summed E-state index contributed by atoms with van der Waals surface area (Å²) in [6.45, 7) is 3.49. The third-order valence-corrected chi connectivity index (χ3v) is 3.80. The normalized spacial score (nSPS) is 20.9. The van der Waals surface area contributed by atoms with E-state index in [1.165, 1.54) is 0 Å². The molecular formula is C14H20ClNO2. The number of rotatable bonds is 5. The monoisotopic (exact) mass is 269 g/mol. The molecule has 0 amide bonds. The number of ether oxygens (including phenoxy) is 1. The van der Waals surface area contributed by atoms with Crippen molar-refractivity contribution >= 4 is 11.6 Å². The fourth-order valence-corrected chi connectivity index (χ4v) is 2.36. The van der Waals surface area contributed by atoms with Crippen LogP contribution in [0, 0.1) is 6.92 Å². The van der Waals surface area contributed by atoms with Gasteiger partial charge in [0.2, 0.25) is 0 Å². The van der Waals surface area contributed by atoms with Gasteiger partial charge in [0.1, 0.15) is 5.75 Å². The van der Waals surface area contributed by atoms with E-state index in [9.17, 15) is 5.11 Å². The molecule has 0 saturated carbocycles. The quantitative estimate of drug-likeness (QED) is 0.863. The van der Waals surface area contributed by atoms with Crippen molar-refractivity contribution < 1.29 is 9.84 Å². The number of hydrogen-bond acceptors (Lipinski definition) is 3. The van der Waals surface area contributed by atoms with Crippen molar-refractivity contribution in [3.63, 3.8) is 0 Å². The molecule has 1 saturated heterocycles. The second kappa shape index (κ2) is 6.41. The number of aliphatic hydroxyl groups excluding tert-OH is 1. The Hall–Kier alpha value is -0.770. The summed E-state index contributed by atoms with van der Waals surface area (Å²) in [7, 11) is 0. The zero-order valence-corrected chi connectivity index (χ0v) is 11.4. The van der Waals surface area contributed by atoms with Crippen LogP contribution in [0.4, 0.5) is 0 Å². The predicted octanol–water partition coefficient (Wildman–Crippen LogP) is 2.53. The summed E-state index contributed by atoms with van der Waals surface area (Å²) < 4.78 is 5.63. The Morgan fingerprint density at radius 2 is 2.39 bits per heavy atom. The lowest BCUT2D eigenvalue weighted by atomic mass is 10.1. The fraction of sp³-hybridized carbons (Fsp3) is 0.571. The number of halogens is 1. The van der Waals surface area contributed by atoms with Crippen molar-refractivity contribution in [2.75, 3.05) is 13.2 Å². The summed E-state index contributed by atoms with van der Waals surface area (Å²) in [4.78, 5) is 0. The molecule has 0 aliphatic carbocycles. The Kier molecular flexibility index (Phi) is 4.87. The van der Waals surface area contributed by atoms with Gasteiger partial charge in [0.05, 0.1) is 12.7 Å². The molecule has 2 rings (SSSR count). The average molecular weight is 270 g/mol. The number of hydrogen-bond donors (Lipinski definition) is 2. The van der Waals surface area contributed by atoms with E-state index in [4.69, 9.17) is 16.3 Å². The lowest BCUT2D eigenvalue weighted by molar-refractivity contribution is 0.107. The zero-order valence-electron chi connectivity index (χ0n) is 10.7. The van der Waals surface area contributed by atoms with Crippen molar-refractivity contribution in [1.82, 2.24) is 5.32 Å². The fourth-order valence-electron chi connectivity index (χ4n) is 2.25. The Bertz CT molecular complexity index is 391. The maximum Gasteiger partial charge on any atom is 0.119 e. The lowest BCUT2D eigenvalue weighted by Gasteiger charge is -2.18. The maximum atomic E-state index is 9.96. The Morgan fingerprint density at radius 3 is 3.06 bits per heavy atom. The summed E-state index contributed by atoms with van der Waals surface area (Å²) in [5.74, 6) is 0.809. The number of nitrogens with one attached hydrogen (secondary N) is 1. The summed E-state index contributed by atoms with van der Waals surface area (Å²) >= 11 is 5.95. The van der Waals surface area contributed by atoms with Crippen LogP contribution in [0.25, 0.3) is 0 Å². The molecule has 2 unspecified atom stereocenters. The van der Waals surface area contributed by atoms with E-state index in [1.54, 1.807) is 0 Å². The van der Waals surface area contributed by atoms with Gasteiger partial charge < -0.3 is 15.2 Å². The molecule has 1 heterocycles. The molecule has 100 valence electrons. The maximum absolute atomic E-state index is 9.96. The number of aryl methyl sites for hydroxylation is 1. The van der Waals surface area contributed by atoms with Gasteiger partial charge in [0.15, 0.2) is 0 Å². The van der Waals surface area contributed by atoms with Gasteiger partial charge in [-0.3, -0.25) is 0 Å². The highest BCUT2D eigenvalue weighted by molar-refractivity contribution is 6.31. The van der Waals surface area contributed by atoms with Gasteiger partial charge in [-0.05, 0) is 50.1 Å². The van der Waals surface area contributed by atoms with Gasteiger partial charge in [-0.25, -0.2) is 0 Å². The first-order valence-corrected chi connectivity index (χ1v) is 6.85. The SMILES string of the molecule is Cc1cc(OCCC(O)C2CCCN2)ccc1Cl. The molecule has 4 heteroatoms. The van der Waals surface area contributed by atoms with Crippen molar-refractivity contribution in [3.05, 3.63) is 28.8 Å². The smallest absolute Gasteiger partial charge is 0.119 e. The van der Waals surface area contributed by atoms with Crippen LogP contribution in [-0.2, 0) is 0 Å². The van der Waals surface area contributed by atoms with Gasteiger partial charge in [0.25, 0.3) is 0 Å². The number of benzene rings is 1. The van der Waals surface area contributed by atoms with Crippen LogP contribution in [0.2, 0.25) is 5.02 Å². The minimum atomic E-state index is -0.319. The van der Waals surface area contributed by atoms with Gasteiger partial charge in [0, 0.05) is 17.5 Å². The molecule has 2 atom stereocenters. The van der Waals surface area contributed by atoms with E-state index in [2.05, 4.69) is 5.32 Å². The van der Waals surface area contributed by atoms with Crippen LogP contribution < -0.4 is 10.1 Å². The van der Waals surface area contributed by atoms with Gasteiger partial charge in [-0.15, -0.1) is 0 Å². The first kappa shape index (κ1) is 13.7. The van der Waals surface area contributed by atoms with Gasteiger partial charge in [-0.1, -0.05) is 11.6 Å². The molecule has 1 aliphatic heterocycles. The van der Waals surface area contributed by atoms with E-state index < -0.39 is 0 Å². The van der Waals surface area contributed by atoms with E-state index in [1.807, 2.05) is 25.1 Å². The Labute approximate surface area is 113 Å². The summed E-state index contributed by atoms with van der Waals surface area (Å²) in [6, 6.07) is 5.85. The van der Waals surface area contributed by atoms with Crippen LogP contribution in [0.1, 0.15) is 24.8 Å². The van der Waals surface area contributed by atoms with Crippen LogP contribution in [-0.4, -0.2) is 30.4 Å². The summed E-state index contributed by atoms with van der Waals surface area (Å²) in [6.07, 6.45) is 2.54. The highest BCUT2D eigenvalue weighted by Gasteiger charge is 2.22. The predicted molar refractivity (Wildman–Crippen MR) is 73.3 cm³/mol. The van der Waals surface area contributed by atoms with E-state index in [0.29, 0.717) is 13.0 Å². The minimum absolute atomic E-state index is 0.237. The molecular weight excluding hydrogens is 250 g/mol. The standard InChI is InChI=1S/C14H20ClNO2/c1-10-9-11(4-5-12(10)15)18-8-6-14(17)13-3-2-7-16-13/h4-5,9,13-14,16-17H,2-3,6-8H2,1H3. The van der Waals surface area contributed by atoms with Crippen molar-refractivity contribution in [3.8, 4) is 5.75 Å². The molecule has 1 aromatic carbocycles. The van der Waals surface area contributed by atoms with Crippen LogP contribution >= 0.6 is 11.6 Å². The van der Waals surface area contributed by atoms with Crippen molar-refractivity contribution in [1.29, 1.82) is 0 Å². The van der Waals surface area contributed by atoms with Crippen LogP contribution in [0.15, 0.2) is 18.2 Å². The molecule has 0 spiro atoms. The van der Waals surface area contributed by atoms with Crippen molar-refractivity contribution in [2.24, 2.45) is 0 Å². The highest BCUT2D eigenvalue weighted by atomic mass is 35.5. The number of aliphatic hydroxyl groups is 1. The first-order chi connectivity index (χ1) is 8.66. The lowest BCUT2D eigenvalue weighted by Crippen LogP contribution is -2.35. The largest absolute Gasteiger partial charge is 0.493 e. The minimum Gasteiger partial charge on any atom is -0.493 e. The van der Waals surface area contributed by atoms with Crippen LogP contribution in [0.3, 0.4) is 0 Å². The van der Waals surface area contributed by atoms with E-state index >= 15 is 0 Å². The Balaban J connectivity index is 1.75. The summed E-state index contributed by atoms with van der Waals surface area (Å²) in [5, 5.41) is 14.0. The molecule has 2 N–H and O–H groups in total. The topological polar surface area (TPSA) is 41.5 Å². The zero-order chi connectivity index (χ0) is 13.0.